The third kappa shape index (κ3) is 1.01. The molecule has 0 bridgehead atoms. The van der Waals surface area contributed by atoms with Crippen molar-refractivity contribution >= 4 is 10.9 Å². The number of benzene rings is 1. The van der Waals surface area contributed by atoms with E-state index in [1.165, 1.54) is 18.9 Å². The molecule has 0 saturated carbocycles. The highest BCUT2D eigenvalue weighted by Crippen LogP contribution is 2.33. The van der Waals surface area contributed by atoms with Gasteiger partial charge in [0.2, 0.25) is 0 Å². The van der Waals surface area contributed by atoms with E-state index in [2.05, 4.69) is 9.97 Å². The van der Waals surface area contributed by atoms with Gasteiger partial charge in [0.05, 0.1) is 5.52 Å². The van der Waals surface area contributed by atoms with E-state index in [9.17, 15) is 0 Å². The fourth-order valence-corrected chi connectivity index (χ4v) is 1.38. The van der Waals surface area contributed by atoms with E-state index in [-0.39, 0.29) is 0 Å². The van der Waals surface area contributed by atoms with E-state index in [4.69, 9.17) is 9.47 Å². The van der Waals surface area contributed by atoms with Crippen LogP contribution in [0.5, 0.6) is 11.5 Å². The standard InChI is InChI=1S/C10H6N2O2/c1-2-14-10-4-8-7(3-9(10)13-1)5-11-6-12-8/h1-6H. The maximum atomic E-state index is 5.27. The number of nitrogens with zero attached hydrogens (tertiary/aromatic N) is 2. The van der Waals surface area contributed by atoms with E-state index >= 15 is 0 Å². The minimum absolute atomic E-state index is 0.679. The van der Waals surface area contributed by atoms with Crippen molar-refractivity contribution in [2.75, 3.05) is 0 Å². The van der Waals surface area contributed by atoms with Crippen LogP contribution in [-0.4, -0.2) is 9.97 Å². The Morgan fingerprint density at radius 3 is 2.64 bits per heavy atom. The molecule has 2 aromatic rings. The molecule has 0 atom stereocenters. The molecule has 1 aromatic carbocycles. The van der Waals surface area contributed by atoms with E-state index in [1.807, 2.05) is 12.1 Å². The Kier molecular flexibility index (Phi) is 1.41. The van der Waals surface area contributed by atoms with Crippen molar-refractivity contribution in [3.63, 3.8) is 0 Å². The molecule has 0 N–H and O–H groups in total. The lowest BCUT2D eigenvalue weighted by molar-refractivity contribution is 0.362. The molecular weight excluding hydrogens is 180 g/mol. The zero-order valence-electron chi connectivity index (χ0n) is 7.18. The number of ether oxygens (including phenoxy) is 2. The lowest BCUT2D eigenvalue weighted by atomic mass is 10.2. The molecule has 4 nitrogen and oxygen atoms in total. The maximum Gasteiger partial charge on any atom is 0.171 e. The molecule has 14 heavy (non-hydrogen) atoms. The molecule has 4 heteroatoms. The quantitative estimate of drug-likeness (QED) is 0.630. The van der Waals surface area contributed by atoms with Gasteiger partial charge >= 0.3 is 0 Å². The summed E-state index contributed by atoms with van der Waals surface area (Å²) in [6.45, 7) is 0. The van der Waals surface area contributed by atoms with E-state index < -0.39 is 0 Å². The van der Waals surface area contributed by atoms with Gasteiger partial charge < -0.3 is 9.47 Å². The lowest BCUT2D eigenvalue weighted by Gasteiger charge is -2.12. The minimum Gasteiger partial charge on any atom is -0.458 e. The van der Waals surface area contributed by atoms with Gasteiger partial charge in [-0.05, 0) is 6.07 Å². The van der Waals surface area contributed by atoms with Gasteiger partial charge in [0.15, 0.2) is 11.5 Å². The SMILES string of the molecule is C1=COc2cc3ncncc3cc2O1. The minimum atomic E-state index is 0.679. The van der Waals surface area contributed by atoms with Gasteiger partial charge in [-0.15, -0.1) is 0 Å². The second-order valence-electron chi connectivity index (χ2n) is 2.89. The smallest absolute Gasteiger partial charge is 0.171 e. The Labute approximate surface area is 79.8 Å². The fraction of sp³-hybridized carbons (Fsp3) is 0. The predicted octanol–water partition coefficient (Wildman–Crippen LogP) is 1.87. The summed E-state index contributed by atoms with van der Waals surface area (Å²) in [5.74, 6) is 1.37. The summed E-state index contributed by atoms with van der Waals surface area (Å²) in [6, 6.07) is 3.68. The van der Waals surface area contributed by atoms with E-state index in [0.717, 1.165) is 10.9 Å². The fourth-order valence-electron chi connectivity index (χ4n) is 1.38. The molecule has 0 aliphatic carbocycles. The summed E-state index contributed by atoms with van der Waals surface area (Å²) >= 11 is 0. The van der Waals surface area contributed by atoms with Crippen molar-refractivity contribution in [1.29, 1.82) is 0 Å². The van der Waals surface area contributed by atoms with Crippen LogP contribution in [0.15, 0.2) is 37.2 Å². The summed E-state index contributed by atoms with van der Waals surface area (Å²) in [6.07, 6.45) is 6.24. The molecule has 1 aromatic heterocycles. The monoisotopic (exact) mass is 186 g/mol. The molecule has 0 radical (unpaired) electrons. The first kappa shape index (κ1) is 7.32. The molecular formula is C10H6N2O2. The zero-order chi connectivity index (χ0) is 9.38. The average molecular weight is 186 g/mol. The largest absolute Gasteiger partial charge is 0.458 e. The van der Waals surface area contributed by atoms with Crippen LogP contribution in [0.1, 0.15) is 0 Å². The number of aromatic nitrogens is 2. The first-order chi connectivity index (χ1) is 6.93. The van der Waals surface area contributed by atoms with E-state index in [0.29, 0.717) is 11.5 Å². The molecule has 0 amide bonds. The van der Waals surface area contributed by atoms with Crippen molar-refractivity contribution in [2.45, 2.75) is 0 Å². The molecule has 1 aliphatic heterocycles. The van der Waals surface area contributed by atoms with Crippen molar-refractivity contribution < 1.29 is 9.47 Å². The maximum absolute atomic E-state index is 5.27. The van der Waals surface area contributed by atoms with Gasteiger partial charge in [-0.2, -0.15) is 0 Å². The Morgan fingerprint density at radius 1 is 1.00 bits per heavy atom. The molecule has 3 rings (SSSR count). The molecule has 1 aliphatic rings. The normalized spacial score (nSPS) is 13.1. The summed E-state index contributed by atoms with van der Waals surface area (Å²) in [5.41, 5.74) is 0.845. The Hall–Kier alpha value is -2.10. The van der Waals surface area contributed by atoms with Gasteiger partial charge in [0.25, 0.3) is 0 Å². The average Bonchev–Trinajstić information content (AvgIpc) is 2.26. The molecule has 0 fully saturated rings. The van der Waals surface area contributed by atoms with Crippen LogP contribution in [0.2, 0.25) is 0 Å². The van der Waals surface area contributed by atoms with Crippen molar-refractivity contribution in [1.82, 2.24) is 9.97 Å². The first-order valence-corrected chi connectivity index (χ1v) is 4.15. The third-order valence-corrected chi connectivity index (χ3v) is 2.02. The molecule has 0 saturated heterocycles. The van der Waals surface area contributed by atoms with Crippen molar-refractivity contribution in [3.05, 3.63) is 37.2 Å². The molecule has 0 unspecified atom stereocenters. The lowest BCUT2D eigenvalue weighted by Crippen LogP contribution is -1.96. The van der Waals surface area contributed by atoms with Crippen LogP contribution in [0, 0.1) is 0 Å². The summed E-state index contributed by atoms with van der Waals surface area (Å²) in [7, 11) is 0. The first-order valence-electron chi connectivity index (χ1n) is 4.15. The summed E-state index contributed by atoms with van der Waals surface area (Å²) in [5, 5.41) is 0.935. The highest BCUT2D eigenvalue weighted by molar-refractivity contribution is 5.81. The number of hydrogen-bond acceptors (Lipinski definition) is 4. The summed E-state index contributed by atoms with van der Waals surface area (Å²) < 4.78 is 10.5. The topological polar surface area (TPSA) is 44.2 Å². The predicted molar refractivity (Wildman–Crippen MR) is 49.9 cm³/mol. The molecule has 0 spiro atoms. The summed E-state index contributed by atoms with van der Waals surface area (Å²) in [4.78, 5) is 8.05. The van der Waals surface area contributed by atoms with E-state index in [1.54, 1.807) is 6.20 Å². The highest BCUT2D eigenvalue weighted by atomic mass is 16.5. The number of fused-ring (bicyclic) bond motifs is 2. The second kappa shape index (κ2) is 2.70. The van der Waals surface area contributed by atoms with Gasteiger partial charge in [0.1, 0.15) is 18.9 Å². The second-order valence-corrected chi connectivity index (χ2v) is 2.89. The van der Waals surface area contributed by atoms with Gasteiger partial charge in [-0.3, -0.25) is 0 Å². The number of hydrogen-bond donors (Lipinski definition) is 0. The van der Waals surface area contributed by atoms with Crippen LogP contribution in [0.25, 0.3) is 10.9 Å². The van der Waals surface area contributed by atoms with Crippen LogP contribution in [-0.2, 0) is 0 Å². The van der Waals surface area contributed by atoms with Gasteiger partial charge in [-0.1, -0.05) is 0 Å². The number of rotatable bonds is 0. The van der Waals surface area contributed by atoms with Gasteiger partial charge in [-0.25, -0.2) is 9.97 Å². The molecule has 2 heterocycles. The zero-order valence-corrected chi connectivity index (χ0v) is 7.18. The Bertz CT molecular complexity index is 476. The van der Waals surface area contributed by atoms with Crippen molar-refractivity contribution in [2.24, 2.45) is 0 Å². The Balaban J connectivity index is 2.30. The van der Waals surface area contributed by atoms with Crippen LogP contribution in [0.3, 0.4) is 0 Å². The van der Waals surface area contributed by atoms with Crippen molar-refractivity contribution in [3.8, 4) is 11.5 Å². The van der Waals surface area contributed by atoms with Crippen LogP contribution in [0.4, 0.5) is 0 Å². The van der Waals surface area contributed by atoms with Crippen LogP contribution < -0.4 is 9.47 Å². The Morgan fingerprint density at radius 2 is 1.79 bits per heavy atom. The van der Waals surface area contributed by atoms with Crippen LogP contribution >= 0.6 is 0 Å². The third-order valence-electron chi connectivity index (χ3n) is 2.02. The highest BCUT2D eigenvalue weighted by Gasteiger charge is 2.09. The van der Waals surface area contributed by atoms with Gasteiger partial charge in [0, 0.05) is 17.6 Å². The molecule has 68 valence electrons.